The summed E-state index contributed by atoms with van der Waals surface area (Å²) in [5, 5.41) is 4.05. The van der Waals surface area contributed by atoms with Gasteiger partial charge in [0.15, 0.2) is 0 Å². The second-order valence-corrected chi connectivity index (χ2v) is 3.75. The van der Waals surface area contributed by atoms with Gasteiger partial charge in [0.1, 0.15) is 0 Å². The quantitative estimate of drug-likeness (QED) is 0.776. The van der Waals surface area contributed by atoms with E-state index in [4.69, 9.17) is 10.5 Å². The van der Waals surface area contributed by atoms with Crippen LogP contribution in [0.15, 0.2) is 16.9 Å². The van der Waals surface area contributed by atoms with Gasteiger partial charge in [-0.25, -0.2) is 4.68 Å². The van der Waals surface area contributed by atoms with Gasteiger partial charge in [-0.3, -0.25) is 4.79 Å². The molecule has 1 rings (SSSR count). The molecule has 1 atom stereocenters. The molecule has 0 aliphatic rings. The van der Waals surface area contributed by atoms with Gasteiger partial charge in [0.2, 0.25) is 5.88 Å². The summed E-state index contributed by atoms with van der Waals surface area (Å²) in [4.78, 5) is 11.4. The highest BCUT2D eigenvalue weighted by atomic mass is 16.5. The lowest BCUT2D eigenvalue weighted by molar-refractivity contribution is 0.371. The van der Waals surface area contributed by atoms with E-state index < -0.39 is 0 Å². The van der Waals surface area contributed by atoms with Gasteiger partial charge in [0, 0.05) is 24.7 Å². The van der Waals surface area contributed by atoms with Crippen LogP contribution in [0.5, 0.6) is 5.88 Å². The molecular weight excluding hydrogens is 206 g/mol. The van der Waals surface area contributed by atoms with E-state index in [9.17, 15) is 4.79 Å². The fraction of sp³-hybridized carbons (Fsp3) is 0.636. The van der Waals surface area contributed by atoms with E-state index >= 15 is 0 Å². The fourth-order valence-electron chi connectivity index (χ4n) is 1.41. The van der Waals surface area contributed by atoms with E-state index in [1.807, 2.05) is 0 Å². The van der Waals surface area contributed by atoms with Gasteiger partial charge in [-0.2, -0.15) is 0 Å². The highest BCUT2D eigenvalue weighted by molar-refractivity contribution is 5.05. The van der Waals surface area contributed by atoms with Crippen molar-refractivity contribution in [3.05, 3.63) is 22.5 Å². The molecule has 2 N–H and O–H groups in total. The number of rotatable bonds is 6. The smallest absolute Gasteiger partial charge is 0.266 e. The topological polar surface area (TPSA) is 70.1 Å². The van der Waals surface area contributed by atoms with Gasteiger partial charge in [0.25, 0.3) is 5.56 Å². The van der Waals surface area contributed by atoms with Crippen molar-refractivity contribution in [2.24, 2.45) is 5.73 Å². The van der Waals surface area contributed by atoms with E-state index in [1.54, 1.807) is 6.07 Å². The SMILES string of the molecule is CCC(N)CCCn1nc(OC)ccc1=O. The average molecular weight is 225 g/mol. The zero-order valence-electron chi connectivity index (χ0n) is 9.85. The van der Waals surface area contributed by atoms with Gasteiger partial charge >= 0.3 is 0 Å². The zero-order chi connectivity index (χ0) is 12.0. The number of ether oxygens (including phenoxy) is 1. The summed E-state index contributed by atoms with van der Waals surface area (Å²) in [7, 11) is 1.53. The molecule has 0 fully saturated rings. The molecule has 1 aromatic heterocycles. The number of hydrogen-bond acceptors (Lipinski definition) is 4. The predicted molar refractivity (Wildman–Crippen MR) is 62.5 cm³/mol. The maximum Gasteiger partial charge on any atom is 0.266 e. The summed E-state index contributed by atoms with van der Waals surface area (Å²) in [5.41, 5.74) is 5.69. The molecule has 90 valence electrons. The maximum absolute atomic E-state index is 11.4. The van der Waals surface area contributed by atoms with Crippen molar-refractivity contribution >= 4 is 0 Å². The third kappa shape index (κ3) is 3.66. The van der Waals surface area contributed by atoms with Crippen LogP contribution in [-0.2, 0) is 6.54 Å². The lowest BCUT2D eigenvalue weighted by Crippen LogP contribution is -2.24. The van der Waals surface area contributed by atoms with Crippen LogP contribution in [0.4, 0.5) is 0 Å². The van der Waals surface area contributed by atoms with Crippen LogP contribution in [0.3, 0.4) is 0 Å². The second-order valence-electron chi connectivity index (χ2n) is 3.75. The number of nitrogens with zero attached hydrogens (tertiary/aromatic N) is 2. The van der Waals surface area contributed by atoms with Crippen LogP contribution >= 0.6 is 0 Å². The predicted octanol–water partition coefficient (Wildman–Crippen LogP) is 0.769. The van der Waals surface area contributed by atoms with E-state index in [1.165, 1.54) is 17.9 Å². The Morgan fingerprint density at radius 1 is 1.56 bits per heavy atom. The van der Waals surface area contributed by atoms with E-state index in [0.29, 0.717) is 12.4 Å². The van der Waals surface area contributed by atoms with E-state index in [2.05, 4.69) is 12.0 Å². The summed E-state index contributed by atoms with van der Waals surface area (Å²) in [5.74, 6) is 0.458. The molecule has 1 unspecified atom stereocenters. The minimum atomic E-state index is -0.106. The Balaban J connectivity index is 2.56. The normalized spacial score (nSPS) is 12.4. The van der Waals surface area contributed by atoms with Gasteiger partial charge in [-0.05, 0) is 19.3 Å². The number of nitrogens with two attached hydrogens (primary N) is 1. The Kier molecular flexibility index (Phi) is 4.98. The summed E-state index contributed by atoms with van der Waals surface area (Å²) in [6.45, 7) is 2.64. The molecule has 0 saturated carbocycles. The molecule has 5 nitrogen and oxygen atoms in total. The molecule has 0 spiro atoms. The maximum atomic E-state index is 11.4. The molecule has 0 bridgehead atoms. The van der Waals surface area contributed by atoms with Crippen molar-refractivity contribution in [1.82, 2.24) is 9.78 Å². The molecule has 0 radical (unpaired) electrons. The van der Waals surface area contributed by atoms with Gasteiger partial charge in [-0.15, -0.1) is 5.10 Å². The molecular formula is C11H19N3O2. The molecule has 1 aromatic rings. The van der Waals surface area contributed by atoms with E-state index in [0.717, 1.165) is 19.3 Å². The van der Waals surface area contributed by atoms with Gasteiger partial charge < -0.3 is 10.5 Å². The Morgan fingerprint density at radius 3 is 2.94 bits per heavy atom. The summed E-state index contributed by atoms with van der Waals surface area (Å²) in [6, 6.07) is 3.24. The van der Waals surface area contributed by atoms with Crippen molar-refractivity contribution < 1.29 is 4.74 Å². The van der Waals surface area contributed by atoms with Crippen molar-refractivity contribution in [3.63, 3.8) is 0 Å². The first-order chi connectivity index (χ1) is 7.67. The van der Waals surface area contributed by atoms with Crippen molar-refractivity contribution in [1.29, 1.82) is 0 Å². The second kappa shape index (κ2) is 6.27. The number of methoxy groups -OCH3 is 1. The molecule has 5 heteroatoms. The third-order valence-electron chi connectivity index (χ3n) is 2.52. The van der Waals surface area contributed by atoms with Crippen LogP contribution < -0.4 is 16.0 Å². The fourth-order valence-corrected chi connectivity index (χ4v) is 1.41. The minimum absolute atomic E-state index is 0.106. The van der Waals surface area contributed by atoms with Crippen LogP contribution in [0.2, 0.25) is 0 Å². The molecule has 0 aliphatic heterocycles. The number of aromatic nitrogens is 2. The Bertz CT molecular complexity index is 376. The number of hydrogen-bond donors (Lipinski definition) is 1. The minimum Gasteiger partial charge on any atom is -0.480 e. The zero-order valence-corrected chi connectivity index (χ0v) is 9.85. The Morgan fingerprint density at radius 2 is 2.31 bits per heavy atom. The molecule has 1 heterocycles. The molecule has 16 heavy (non-hydrogen) atoms. The standard InChI is InChI=1S/C11H19N3O2/c1-3-9(12)5-4-8-14-11(15)7-6-10(13-14)16-2/h6-7,9H,3-5,8,12H2,1-2H3. The van der Waals surface area contributed by atoms with Gasteiger partial charge in [-0.1, -0.05) is 6.92 Å². The summed E-state index contributed by atoms with van der Waals surface area (Å²) < 4.78 is 6.38. The van der Waals surface area contributed by atoms with E-state index in [-0.39, 0.29) is 11.6 Å². The monoisotopic (exact) mass is 225 g/mol. The van der Waals surface area contributed by atoms with Crippen LogP contribution in [0.1, 0.15) is 26.2 Å². The van der Waals surface area contributed by atoms with Crippen LogP contribution in [0, 0.1) is 0 Å². The third-order valence-corrected chi connectivity index (χ3v) is 2.52. The Hall–Kier alpha value is -1.36. The van der Waals surface area contributed by atoms with Crippen molar-refractivity contribution in [2.45, 2.75) is 38.8 Å². The first kappa shape index (κ1) is 12.7. The Labute approximate surface area is 95.2 Å². The molecule has 0 saturated heterocycles. The summed E-state index contributed by atoms with van der Waals surface area (Å²) in [6.07, 6.45) is 2.72. The first-order valence-electron chi connectivity index (χ1n) is 5.55. The van der Waals surface area contributed by atoms with Gasteiger partial charge in [0.05, 0.1) is 7.11 Å². The largest absolute Gasteiger partial charge is 0.480 e. The molecule has 0 aromatic carbocycles. The number of aryl methyl sites for hydroxylation is 1. The van der Waals surface area contributed by atoms with Crippen LogP contribution in [0.25, 0.3) is 0 Å². The summed E-state index contributed by atoms with van der Waals surface area (Å²) >= 11 is 0. The first-order valence-corrected chi connectivity index (χ1v) is 5.55. The average Bonchev–Trinajstić information content (AvgIpc) is 2.31. The van der Waals surface area contributed by atoms with Crippen molar-refractivity contribution in [3.8, 4) is 5.88 Å². The lowest BCUT2D eigenvalue weighted by Gasteiger charge is -2.09. The highest BCUT2D eigenvalue weighted by Crippen LogP contribution is 2.02. The van der Waals surface area contributed by atoms with Crippen LogP contribution in [-0.4, -0.2) is 22.9 Å². The highest BCUT2D eigenvalue weighted by Gasteiger charge is 2.02. The molecule has 0 aliphatic carbocycles. The lowest BCUT2D eigenvalue weighted by atomic mass is 10.1. The van der Waals surface area contributed by atoms with Crippen molar-refractivity contribution in [2.75, 3.05) is 7.11 Å². The molecule has 0 amide bonds.